The van der Waals surface area contributed by atoms with Crippen LogP contribution in [0.1, 0.15) is 5.69 Å². The Morgan fingerprint density at radius 3 is 2.60 bits per heavy atom. The van der Waals surface area contributed by atoms with E-state index >= 15 is 0 Å². The van der Waals surface area contributed by atoms with Crippen LogP contribution in [0.25, 0.3) is 11.1 Å². The number of aromatic nitrogens is 1. The quantitative estimate of drug-likeness (QED) is 0.761. The van der Waals surface area contributed by atoms with Crippen LogP contribution in [-0.2, 0) is 0 Å². The van der Waals surface area contributed by atoms with Crippen LogP contribution in [-0.4, -0.2) is 4.98 Å². The fraction of sp³-hybridized carbons (Fsp3) is 0.0833. The standard InChI is InChI=1S/C12H9BrFN/c1-8-5-6-9(7-15-8)12-10(13)3-2-4-11(12)14/h2-7H,1H3. The molecule has 0 spiro atoms. The van der Waals surface area contributed by atoms with Gasteiger partial charge in [-0.25, -0.2) is 4.39 Å². The van der Waals surface area contributed by atoms with E-state index in [2.05, 4.69) is 20.9 Å². The second-order valence-electron chi connectivity index (χ2n) is 3.28. The summed E-state index contributed by atoms with van der Waals surface area (Å²) < 4.78 is 14.3. The van der Waals surface area contributed by atoms with E-state index in [9.17, 15) is 4.39 Å². The predicted octanol–water partition coefficient (Wildman–Crippen LogP) is 3.96. The SMILES string of the molecule is Cc1ccc(-c2c(F)cccc2Br)cn1. The van der Waals surface area contributed by atoms with Crippen LogP contribution in [0.2, 0.25) is 0 Å². The predicted molar refractivity (Wildman–Crippen MR) is 62.1 cm³/mol. The van der Waals surface area contributed by atoms with Gasteiger partial charge in [-0.2, -0.15) is 0 Å². The number of hydrogen-bond donors (Lipinski definition) is 0. The van der Waals surface area contributed by atoms with Gasteiger partial charge in [0.15, 0.2) is 0 Å². The average molecular weight is 266 g/mol. The van der Waals surface area contributed by atoms with Crippen molar-refractivity contribution in [3.05, 3.63) is 52.5 Å². The fourth-order valence-electron chi connectivity index (χ4n) is 1.39. The van der Waals surface area contributed by atoms with Gasteiger partial charge in [-0.05, 0) is 25.1 Å². The molecule has 2 rings (SSSR count). The number of benzene rings is 1. The summed E-state index contributed by atoms with van der Waals surface area (Å²) in [5.41, 5.74) is 2.27. The monoisotopic (exact) mass is 265 g/mol. The summed E-state index contributed by atoms with van der Waals surface area (Å²) in [4.78, 5) is 4.15. The lowest BCUT2D eigenvalue weighted by Gasteiger charge is -2.05. The maximum Gasteiger partial charge on any atom is 0.132 e. The lowest BCUT2D eigenvalue weighted by molar-refractivity contribution is 0.630. The molecule has 0 atom stereocenters. The zero-order chi connectivity index (χ0) is 10.8. The molecular formula is C12H9BrFN. The Kier molecular flexibility index (Phi) is 2.82. The highest BCUT2D eigenvalue weighted by Gasteiger charge is 2.08. The van der Waals surface area contributed by atoms with Crippen molar-refractivity contribution in [2.75, 3.05) is 0 Å². The lowest BCUT2D eigenvalue weighted by atomic mass is 10.1. The van der Waals surface area contributed by atoms with Crippen LogP contribution in [0.5, 0.6) is 0 Å². The van der Waals surface area contributed by atoms with Crippen molar-refractivity contribution in [2.24, 2.45) is 0 Å². The highest BCUT2D eigenvalue weighted by atomic mass is 79.9. The third-order valence-corrected chi connectivity index (χ3v) is 2.82. The molecule has 76 valence electrons. The average Bonchev–Trinajstić information content (AvgIpc) is 2.20. The van der Waals surface area contributed by atoms with Crippen molar-refractivity contribution in [3.63, 3.8) is 0 Å². The molecule has 0 aliphatic heterocycles. The number of hydrogen-bond acceptors (Lipinski definition) is 1. The van der Waals surface area contributed by atoms with E-state index in [1.807, 2.05) is 25.1 Å². The highest BCUT2D eigenvalue weighted by molar-refractivity contribution is 9.10. The van der Waals surface area contributed by atoms with Crippen LogP contribution in [0.4, 0.5) is 4.39 Å². The molecular weight excluding hydrogens is 257 g/mol. The number of aryl methyl sites for hydroxylation is 1. The van der Waals surface area contributed by atoms with E-state index in [1.165, 1.54) is 6.07 Å². The smallest absolute Gasteiger partial charge is 0.132 e. The van der Waals surface area contributed by atoms with Gasteiger partial charge in [0.25, 0.3) is 0 Å². The first-order chi connectivity index (χ1) is 7.18. The lowest BCUT2D eigenvalue weighted by Crippen LogP contribution is -1.88. The molecule has 1 nitrogen and oxygen atoms in total. The summed E-state index contributed by atoms with van der Waals surface area (Å²) in [7, 11) is 0. The number of halogens is 2. The van der Waals surface area contributed by atoms with E-state index in [1.54, 1.807) is 12.3 Å². The van der Waals surface area contributed by atoms with Gasteiger partial charge in [0, 0.05) is 27.5 Å². The van der Waals surface area contributed by atoms with Crippen molar-refractivity contribution >= 4 is 15.9 Å². The van der Waals surface area contributed by atoms with Gasteiger partial charge in [-0.3, -0.25) is 4.98 Å². The summed E-state index contributed by atoms with van der Waals surface area (Å²) in [6.07, 6.45) is 1.68. The number of nitrogens with zero attached hydrogens (tertiary/aromatic N) is 1. The van der Waals surface area contributed by atoms with Gasteiger partial charge in [-0.15, -0.1) is 0 Å². The molecule has 3 heteroatoms. The minimum Gasteiger partial charge on any atom is -0.261 e. The van der Waals surface area contributed by atoms with E-state index < -0.39 is 0 Å². The second kappa shape index (κ2) is 4.11. The van der Waals surface area contributed by atoms with Crippen molar-refractivity contribution in [1.82, 2.24) is 4.98 Å². The summed E-state index contributed by atoms with van der Waals surface area (Å²) in [6, 6.07) is 8.67. The Hall–Kier alpha value is -1.22. The molecule has 0 unspecified atom stereocenters. The zero-order valence-corrected chi connectivity index (χ0v) is 9.75. The first-order valence-electron chi connectivity index (χ1n) is 4.55. The third-order valence-electron chi connectivity index (χ3n) is 2.16. The Balaban J connectivity index is 2.58. The van der Waals surface area contributed by atoms with Gasteiger partial charge in [0.2, 0.25) is 0 Å². The van der Waals surface area contributed by atoms with Gasteiger partial charge in [0.05, 0.1) is 0 Å². The van der Waals surface area contributed by atoms with Gasteiger partial charge in [0.1, 0.15) is 5.82 Å². The first-order valence-corrected chi connectivity index (χ1v) is 5.35. The molecule has 0 aliphatic rings. The van der Waals surface area contributed by atoms with Gasteiger partial charge in [-0.1, -0.05) is 28.1 Å². The second-order valence-corrected chi connectivity index (χ2v) is 4.14. The minimum atomic E-state index is -0.241. The maximum absolute atomic E-state index is 13.6. The van der Waals surface area contributed by atoms with Gasteiger partial charge >= 0.3 is 0 Å². The van der Waals surface area contributed by atoms with E-state index in [0.29, 0.717) is 5.56 Å². The Labute approximate surface area is 96.1 Å². The fourth-order valence-corrected chi connectivity index (χ4v) is 1.96. The zero-order valence-electron chi connectivity index (χ0n) is 8.17. The molecule has 0 fully saturated rings. The molecule has 0 bridgehead atoms. The summed E-state index contributed by atoms with van der Waals surface area (Å²) in [5.74, 6) is -0.241. The van der Waals surface area contributed by atoms with Crippen molar-refractivity contribution in [2.45, 2.75) is 6.92 Å². The Bertz CT molecular complexity index is 459. The molecule has 0 amide bonds. The molecule has 2 aromatic rings. The molecule has 1 aromatic heterocycles. The van der Waals surface area contributed by atoms with Crippen LogP contribution in [0.3, 0.4) is 0 Å². The highest BCUT2D eigenvalue weighted by Crippen LogP contribution is 2.30. The first kappa shape index (κ1) is 10.3. The minimum absolute atomic E-state index is 0.241. The Morgan fingerprint density at radius 2 is 2.00 bits per heavy atom. The van der Waals surface area contributed by atoms with Crippen LogP contribution >= 0.6 is 15.9 Å². The largest absolute Gasteiger partial charge is 0.261 e. The Morgan fingerprint density at radius 1 is 1.20 bits per heavy atom. The van der Waals surface area contributed by atoms with Crippen molar-refractivity contribution < 1.29 is 4.39 Å². The molecule has 15 heavy (non-hydrogen) atoms. The summed E-state index contributed by atoms with van der Waals surface area (Å²) in [6.45, 7) is 1.90. The van der Waals surface area contributed by atoms with Gasteiger partial charge < -0.3 is 0 Å². The molecule has 0 saturated heterocycles. The molecule has 1 heterocycles. The number of rotatable bonds is 1. The molecule has 0 radical (unpaired) electrons. The van der Waals surface area contributed by atoms with Crippen LogP contribution in [0.15, 0.2) is 41.0 Å². The van der Waals surface area contributed by atoms with E-state index in [-0.39, 0.29) is 5.82 Å². The maximum atomic E-state index is 13.6. The van der Waals surface area contributed by atoms with Crippen molar-refractivity contribution in [1.29, 1.82) is 0 Å². The van der Waals surface area contributed by atoms with Crippen LogP contribution in [0, 0.1) is 12.7 Å². The van der Waals surface area contributed by atoms with E-state index in [0.717, 1.165) is 15.7 Å². The molecule has 0 saturated carbocycles. The normalized spacial score (nSPS) is 10.3. The molecule has 0 aliphatic carbocycles. The third kappa shape index (κ3) is 2.07. The molecule has 1 aromatic carbocycles. The summed E-state index contributed by atoms with van der Waals surface area (Å²) in [5, 5.41) is 0. The van der Waals surface area contributed by atoms with Crippen LogP contribution < -0.4 is 0 Å². The number of pyridine rings is 1. The summed E-state index contributed by atoms with van der Waals surface area (Å²) >= 11 is 3.33. The molecule has 0 N–H and O–H groups in total. The van der Waals surface area contributed by atoms with E-state index in [4.69, 9.17) is 0 Å². The topological polar surface area (TPSA) is 12.9 Å². The van der Waals surface area contributed by atoms with Crippen molar-refractivity contribution in [3.8, 4) is 11.1 Å².